The average Bonchev–Trinajstić information content (AvgIpc) is 2.67. The van der Waals surface area contributed by atoms with E-state index in [4.69, 9.17) is 5.11 Å². The van der Waals surface area contributed by atoms with Crippen molar-refractivity contribution >= 4 is 23.8 Å². The number of aliphatic hydroxyl groups is 1. The Kier molecular flexibility index (Phi) is 5.28. The summed E-state index contributed by atoms with van der Waals surface area (Å²) in [6.45, 7) is 3.90. The molecule has 0 saturated carbocycles. The monoisotopic (exact) mass is 276 g/mol. The van der Waals surface area contributed by atoms with Gasteiger partial charge < -0.3 is 15.1 Å². The van der Waals surface area contributed by atoms with Crippen LogP contribution in [0.1, 0.15) is 20.3 Å². The molecule has 18 heavy (non-hydrogen) atoms. The summed E-state index contributed by atoms with van der Waals surface area (Å²) in [7, 11) is 1.62. The highest BCUT2D eigenvalue weighted by Gasteiger charge is 2.40. The van der Waals surface area contributed by atoms with Crippen molar-refractivity contribution in [3.8, 4) is 0 Å². The van der Waals surface area contributed by atoms with E-state index in [9.17, 15) is 14.7 Å². The van der Waals surface area contributed by atoms with Crippen molar-refractivity contribution in [3.63, 3.8) is 0 Å². The Morgan fingerprint density at radius 2 is 2.17 bits per heavy atom. The molecule has 104 valence electrons. The minimum Gasteiger partial charge on any atom is -0.480 e. The number of hydrogen-bond acceptors (Lipinski definition) is 4. The number of carboxylic acid groups (broad SMARTS) is 1. The van der Waals surface area contributed by atoms with Crippen molar-refractivity contribution in [2.24, 2.45) is 0 Å². The Morgan fingerprint density at radius 3 is 2.67 bits per heavy atom. The molecule has 0 bridgehead atoms. The summed E-state index contributed by atoms with van der Waals surface area (Å²) >= 11 is 1.46. The third-order valence-electron chi connectivity index (χ3n) is 2.94. The van der Waals surface area contributed by atoms with Gasteiger partial charge in [0.25, 0.3) is 0 Å². The highest BCUT2D eigenvalue weighted by molar-refractivity contribution is 8.00. The first-order valence-electron chi connectivity index (χ1n) is 5.90. The van der Waals surface area contributed by atoms with Crippen LogP contribution in [0.5, 0.6) is 0 Å². The van der Waals surface area contributed by atoms with Crippen LogP contribution in [0.3, 0.4) is 0 Å². The molecule has 1 aliphatic rings. The van der Waals surface area contributed by atoms with Gasteiger partial charge in [0.05, 0.1) is 11.5 Å². The van der Waals surface area contributed by atoms with Crippen LogP contribution < -0.4 is 0 Å². The van der Waals surface area contributed by atoms with Crippen molar-refractivity contribution in [1.29, 1.82) is 0 Å². The van der Waals surface area contributed by atoms with Gasteiger partial charge in [-0.1, -0.05) is 0 Å². The Labute approximate surface area is 111 Å². The van der Waals surface area contributed by atoms with Gasteiger partial charge in [0.15, 0.2) is 0 Å². The summed E-state index contributed by atoms with van der Waals surface area (Å²) in [4.78, 5) is 26.1. The lowest BCUT2D eigenvalue weighted by atomic mass is 10.2. The van der Waals surface area contributed by atoms with Crippen LogP contribution in [0, 0.1) is 0 Å². The van der Waals surface area contributed by atoms with Gasteiger partial charge >= 0.3 is 12.0 Å². The van der Waals surface area contributed by atoms with E-state index in [0.717, 1.165) is 0 Å². The topological polar surface area (TPSA) is 81.1 Å². The standard InChI is InChI=1S/C11H20N2O4S/c1-7(14)4-5-12(3)11(17)13-8(2)18-6-9(13)10(15)16/h7-9,14H,4-6H2,1-3H3,(H,15,16). The number of aliphatic carboxylic acids is 1. The number of thioether (sulfide) groups is 1. The molecule has 2 N–H and O–H groups in total. The molecule has 3 unspecified atom stereocenters. The molecule has 2 amide bonds. The van der Waals surface area contributed by atoms with Crippen LogP contribution in [0.25, 0.3) is 0 Å². The number of nitrogens with zero attached hydrogens (tertiary/aromatic N) is 2. The third-order valence-corrected chi connectivity index (χ3v) is 4.16. The Bertz CT molecular complexity index is 324. The van der Waals surface area contributed by atoms with Gasteiger partial charge in [0.2, 0.25) is 0 Å². The van der Waals surface area contributed by atoms with E-state index in [2.05, 4.69) is 0 Å². The molecule has 1 heterocycles. The first-order chi connectivity index (χ1) is 8.34. The van der Waals surface area contributed by atoms with Gasteiger partial charge in [-0.15, -0.1) is 11.8 Å². The molecule has 1 fully saturated rings. The highest BCUT2D eigenvalue weighted by atomic mass is 32.2. The molecule has 3 atom stereocenters. The van der Waals surface area contributed by atoms with E-state index in [1.54, 1.807) is 14.0 Å². The lowest BCUT2D eigenvalue weighted by Gasteiger charge is -2.30. The maximum Gasteiger partial charge on any atom is 0.327 e. The fourth-order valence-electron chi connectivity index (χ4n) is 1.80. The predicted octanol–water partition coefficient (Wildman–Crippen LogP) is 0.657. The minimum absolute atomic E-state index is 0.132. The van der Waals surface area contributed by atoms with E-state index in [1.165, 1.54) is 21.6 Å². The first-order valence-corrected chi connectivity index (χ1v) is 6.95. The highest BCUT2D eigenvalue weighted by Crippen LogP contribution is 2.29. The quantitative estimate of drug-likeness (QED) is 0.788. The molecule has 1 saturated heterocycles. The SMILES string of the molecule is CC(O)CCN(C)C(=O)N1C(C)SCC1C(=O)O. The summed E-state index contributed by atoms with van der Waals surface area (Å²) in [5, 5.41) is 18.1. The second-order valence-corrected chi connectivity index (χ2v) is 5.88. The van der Waals surface area contributed by atoms with Gasteiger partial charge in [-0.05, 0) is 20.3 Å². The van der Waals surface area contributed by atoms with E-state index >= 15 is 0 Å². The van der Waals surface area contributed by atoms with Gasteiger partial charge in [0.1, 0.15) is 6.04 Å². The molecule has 0 aromatic rings. The zero-order chi connectivity index (χ0) is 13.9. The largest absolute Gasteiger partial charge is 0.480 e. The Balaban J connectivity index is 2.65. The normalized spacial score (nSPS) is 25.0. The van der Waals surface area contributed by atoms with Gasteiger partial charge in [-0.3, -0.25) is 4.90 Å². The number of carbonyl (C=O) groups excluding carboxylic acids is 1. The van der Waals surface area contributed by atoms with Crippen LogP contribution in [0.2, 0.25) is 0 Å². The predicted molar refractivity (Wildman–Crippen MR) is 69.5 cm³/mol. The number of aliphatic hydroxyl groups excluding tert-OH is 1. The number of rotatable bonds is 4. The molecular formula is C11H20N2O4S. The summed E-state index contributed by atoms with van der Waals surface area (Å²) in [6, 6.07) is -1.05. The van der Waals surface area contributed by atoms with Crippen molar-refractivity contribution < 1.29 is 19.8 Å². The molecule has 0 spiro atoms. The molecule has 6 nitrogen and oxygen atoms in total. The Hall–Kier alpha value is -0.950. The zero-order valence-corrected chi connectivity index (χ0v) is 11.7. The first kappa shape index (κ1) is 15.1. The molecule has 0 aromatic carbocycles. The molecule has 7 heteroatoms. The summed E-state index contributed by atoms with van der Waals surface area (Å²) in [5.74, 6) is -0.545. The lowest BCUT2D eigenvalue weighted by Crippen LogP contribution is -2.50. The van der Waals surface area contributed by atoms with Crippen LogP contribution >= 0.6 is 11.8 Å². The lowest BCUT2D eigenvalue weighted by molar-refractivity contribution is -0.141. The van der Waals surface area contributed by atoms with Crippen LogP contribution in [0.15, 0.2) is 0 Å². The average molecular weight is 276 g/mol. The summed E-state index contributed by atoms with van der Waals surface area (Å²) in [6.07, 6.45) is 0.0101. The van der Waals surface area contributed by atoms with E-state index < -0.39 is 18.1 Å². The van der Waals surface area contributed by atoms with Gasteiger partial charge in [-0.2, -0.15) is 0 Å². The van der Waals surface area contributed by atoms with Gasteiger partial charge in [0, 0.05) is 19.3 Å². The van der Waals surface area contributed by atoms with E-state index in [0.29, 0.717) is 18.7 Å². The fourth-order valence-corrected chi connectivity index (χ4v) is 2.96. The third kappa shape index (κ3) is 3.52. The van der Waals surface area contributed by atoms with E-state index in [-0.39, 0.29) is 11.4 Å². The summed E-state index contributed by atoms with van der Waals surface area (Å²) in [5.41, 5.74) is 0. The number of carboxylic acids is 1. The maximum atomic E-state index is 12.2. The van der Waals surface area contributed by atoms with Crippen LogP contribution in [0.4, 0.5) is 4.79 Å². The van der Waals surface area contributed by atoms with E-state index in [1.807, 2.05) is 6.92 Å². The van der Waals surface area contributed by atoms with Crippen LogP contribution in [-0.4, -0.2) is 68.9 Å². The van der Waals surface area contributed by atoms with Crippen molar-refractivity contribution in [1.82, 2.24) is 9.80 Å². The zero-order valence-electron chi connectivity index (χ0n) is 10.9. The molecule has 0 aromatic heterocycles. The number of urea groups is 1. The fraction of sp³-hybridized carbons (Fsp3) is 0.818. The molecule has 0 radical (unpaired) electrons. The van der Waals surface area contributed by atoms with Crippen LogP contribution in [-0.2, 0) is 4.79 Å². The second kappa shape index (κ2) is 6.29. The van der Waals surface area contributed by atoms with Crippen molar-refractivity contribution in [2.75, 3.05) is 19.3 Å². The second-order valence-electron chi connectivity index (χ2n) is 4.54. The molecule has 1 aliphatic heterocycles. The Morgan fingerprint density at radius 1 is 1.56 bits per heavy atom. The van der Waals surface area contributed by atoms with Crippen molar-refractivity contribution in [3.05, 3.63) is 0 Å². The maximum absolute atomic E-state index is 12.2. The number of amides is 2. The molecule has 1 rings (SSSR count). The molecular weight excluding hydrogens is 256 g/mol. The smallest absolute Gasteiger partial charge is 0.327 e. The van der Waals surface area contributed by atoms with Crippen molar-refractivity contribution in [2.45, 2.75) is 37.8 Å². The summed E-state index contributed by atoms with van der Waals surface area (Å²) < 4.78 is 0. The minimum atomic E-state index is -0.968. The molecule has 0 aliphatic carbocycles. The van der Waals surface area contributed by atoms with Gasteiger partial charge in [-0.25, -0.2) is 9.59 Å². The number of carbonyl (C=O) groups is 2. The number of hydrogen-bond donors (Lipinski definition) is 2.